The van der Waals surface area contributed by atoms with E-state index in [9.17, 15) is 9.59 Å². The van der Waals surface area contributed by atoms with Crippen LogP contribution in [0.3, 0.4) is 0 Å². The second-order valence-electron chi connectivity index (χ2n) is 4.20. The molecule has 0 radical (unpaired) electrons. The largest absolute Gasteiger partial charge is 0.298 e. The highest BCUT2D eigenvalue weighted by molar-refractivity contribution is 7.80. The predicted octanol–water partition coefficient (Wildman–Crippen LogP) is 2.81. The predicted molar refractivity (Wildman–Crippen MR) is 87.1 cm³/mol. The minimum absolute atomic E-state index is 0.0242. The molecule has 1 aliphatic rings. The number of nitrogens with one attached hydrogen (secondary N) is 1. The second-order valence-corrected chi connectivity index (χ2v) is 5.40. The van der Waals surface area contributed by atoms with Gasteiger partial charge in [-0.05, 0) is 36.0 Å². The molecule has 0 saturated carbocycles. The molecule has 2 rings (SSSR count). The average Bonchev–Trinajstić information content (AvgIpc) is 2.43. The Labute approximate surface area is 137 Å². The van der Waals surface area contributed by atoms with Gasteiger partial charge >= 0.3 is 0 Å². The average molecular weight is 341 g/mol. The summed E-state index contributed by atoms with van der Waals surface area (Å²) >= 11 is 16.7. The van der Waals surface area contributed by atoms with Gasteiger partial charge in [-0.2, -0.15) is 0 Å². The van der Waals surface area contributed by atoms with Crippen molar-refractivity contribution in [3.8, 4) is 0 Å². The van der Waals surface area contributed by atoms with Crippen molar-refractivity contribution in [1.29, 1.82) is 0 Å². The first-order valence-corrected chi connectivity index (χ1v) is 7.05. The van der Waals surface area contributed by atoms with Gasteiger partial charge in [0, 0.05) is 6.54 Å². The van der Waals surface area contributed by atoms with E-state index in [0.29, 0.717) is 15.6 Å². The van der Waals surface area contributed by atoms with Gasteiger partial charge in [0.25, 0.3) is 11.8 Å². The molecule has 1 heterocycles. The molecule has 0 spiro atoms. The Balaban J connectivity index is 2.40. The Morgan fingerprint density at radius 3 is 2.62 bits per heavy atom. The molecular formula is C14H10Cl2N2O2S. The number of hydrogen-bond donors (Lipinski definition) is 1. The SMILES string of the molecule is C=CCN1C(=O)/C(=C/c2ccc(Cl)c(Cl)c2)C(=O)NC1=S. The quantitative estimate of drug-likeness (QED) is 0.398. The van der Waals surface area contributed by atoms with Crippen LogP contribution in [0.5, 0.6) is 0 Å². The monoisotopic (exact) mass is 340 g/mol. The molecule has 0 unspecified atom stereocenters. The summed E-state index contributed by atoms with van der Waals surface area (Å²) in [4.78, 5) is 25.5. The maximum absolute atomic E-state index is 12.3. The van der Waals surface area contributed by atoms with Crippen molar-refractivity contribution >= 4 is 58.4 Å². The first kappa shape index (κ1) is 15.7. The third kappa shape index (κ3) is 3.32. The Morgan fingerprint density at radius 2 is 2.00 bits per heavy atom. The van der Waals surface area contributed by atoms with Crippen LogP contribution in [-0.2, 0) is 9.59 Å². The van der Waals surface area contributed by atoms with Crippen LogP contribution in [0.15, 0.2) is 36.4 Å². The standard InChI is InChI=1S/C14H10Cl2N2O2S/c1-2-5-18-13(20)9(12(19)17-14(18)21)6-8-3-4-10(15)11(16)7-8/h2-4,6-7H,1,5H2,(H,17,19,21)/b9-6+. The Kier molecular flexibility index (Phi) is 4.77. The lowest BCUT2D eigenvalue weighted by atomic mass is 10.1. The highest BCUT2D eigenvalue weighted by Gasteiger charge is 2.32. The van der Waals surface area contributed by atoms with Gasteiger partial charge in [0.05, 0.1) is 10.0 Å². The summed E-state index contributed by atoms with van der Waals surface area (Å²) in [6.45, 7) is 3.77. The number of amides is 2. The highest BCUT2D eigenvalue weighted by Crippen LogP contribution is 2.24. The molecule has 0 aromatic heterocycles. The number of halogens is 2. The van der Waals surface area contributed by atoms with Crippen LogP contribution in [0.4, 0.5) is 0 Å². The molecule has 108 valence electrons. The van der Waals surface area contributed by atoms with Crippen LogP contribution in [0.1, 0.15) is 5.56 Å². The lowest BCUT2D eigenvalue weighted by Gasteiger charge is -2.27. The molecule has 2 amide bonds. The van der Waals surface area contributed by atoms with Gasteiger partial charge in [0.15, 0.2) is 5.11 Å². The van der Waals surface area contributed by atoms with Gasteiger partial charge in [0.2, 0.25) is 0 Å². The summed E-state index contributed by atoms with van der Waals surface area (Å²) in [5.41, 5.74) is 0.568. The molecule has 0 atom stereocenters. The molecular weight excluding hydrogens is 331 g/mol. The number of nitrogens with zero attached hydrogens (tertiary/aromatic N) is 1. The van der Waals surface area contributed by atoms with Crippen molar-refractivity contribution in [3.63, 3.8) is 0 Å². The highest BCUT2D eigenvalue weighted by atomic mass is 35.5. The molecule has 7 heteroatoms. The summed E-state index contributed by atoms with van der Waals surface area (Å²) in [7, 11) is 0. The van der Waals surface area contributed by atoms with Crippen molar-refractivity contribution < 1.29 is 9.59 Å². The topological polar surface area (TPSA) is 49.4 Å². The zero-order valence-electron chi connectivity index (χ0n) is 10.7. The number of thiocarbonyl (C=S) groups is 1. The summed E-state index contributed by atoms with van der Waals surface area (Å²) in [5.74, 6) is -1.02. The number of benzene rings is 1. The number of carbonyl (C=O) groups is 2. The summed E-state index contributed by atoms with van der Waals surface area (Å²) in [6, 6.07) is 4.82. The van der Waals surface area contributed by atoms with Crippen molar-refractivity contribution in [3.05, 3.63) is 52.0 Å². The Bertz CT molecular complexity index is 686. The molecule has 0 aliphatic carbocycles. The van der Waals surface area contributed by atoms with Crippen molar-refractivity contribution in [2.75, 3.05) is 6.54 Å². The minimum atomic E-state index is -0.545. The van der Waals surface area contributed by atoms with E-state index in [1.807, 2.05) is 0 Å². The summed E-state index contributed by atoms with van der Waals surface area (Å²) in [5, 5.41) is 3.27. The maximum Gasteiger partial charge on any atom is 0.265 e. The normalized spacial score (nSPS) is 17.1. The Morgan fingerprint density at radius 1 is 1.29 bits per heavy atom. The molecule has 1 saturated heterocycles. The summed E-state index contributed by atoms with van der Waals surface area (Å²) < 4.78 is 0. The van der Waals surface area contributed by atoms with E-state index in [1.54, 1.807) is 18.2 Å². The molecule has 4 nitrogen and oxygen atoms in total. The van der Waals surface area contributed by atoms with Gasteiger partial charge in [-0.3, -0.25) is 19.8 Å². The molecule has 1 aliphatic heterocycles. The lowest BCUT2D eigenvalue weighted by molar-refractivity contribution is -0.128. The molecule has 0 bridgehead atoms. The molecule has 1 aromatic rings. The van der Waals surface area contributed by atoms with E-state index >= 15 is 0 Å². The van der Waals surface area contributed by atoms with E-state index in [0.717, 1.165) is 0 Å². The van der Waals surface area contributed by atoms with E-state index in [-0.39, 0.29) is 17.2 Å². The Hall–Kier alpha value is -1.69. The van der Waals surface area contributed by atoms with Gasteiger partial charge in [0.1, 0.15) is 5.57 Å². The van der Waals surface area contributed by atoms with Gasteiger partial charge in [-0.25, -0.2) is 0 Å². The van der Waals surface area contributed by atoms with Gasteiger partial charge < -0.3 is 0 Å². The molecule has 1 fully saturated rings. The smallest absolute Gasteiger partial charge is 0.265 e. The fraction of sp³-hybridized carbons (Fsp3) is 0.0714. The summed E-state index contributed by atoms with van der Waals surface area (Å²) in [6.07, 6.45) is 2.97. The zero-order chi connectivity index (χ0) is 15.6. The number of hydrogen-bond acceptors (Lipinski definition) is 3. The second kappa shape index (κ2) is 6.39. The van der Waals surface area contributed by atoms with Crippen LogP contribution in [0.25, 0.3) is 6.08 Å². The van der Waals surface area contributed by atoms with Crippen molar-refractivity contribution in [2.24, 2.45) is 0 Å². The van der Waals surface area contributed by atoms with E-state index in [2.05, 4.69) is 11.9 Å². The van der Waals surface area contributed by atoms with Gasteiger partial charge in [-0.1, -0.05) is 35.3 Å². The van der Waals surface area contributed by atoms with Crippen LogP contribution < -0.4 is 5.32 Å². The first-order valence-electron chi connectivity index (χ1n) is 5.89. The zero-order valence-corrected chi connectivity index (χ0v) is 13.1. The maximum atomic E-state index is 12.3. The number of rotatable bonds is 3. The van der Waals surface area contributed by atoms with E-state index in [4.69, 9.17) is 35.4 Å². The van der Waals surface area contributed by atoms with Crippen molar-refractivity contribution in [2.45, 2.75) is 0 Å². The third-order valence-corrected chi connectivity index (χ3v) is 3.81. The van der Waals surface area contributed by atoms with Crippen molar-refractivity contribution in [1.82, 2.24) is 10.2 Å². The van der Waals surface area contributed by atoms with Crippen LogP contribution in [0, 0.1) is 0 Å². The fourth-order valence-electron chi connectivity index (χ4n) is 1.76. The molecule has 1 aromatic carbocycles. The molecule has 1 N–H and O–H groups in total. The first-order chi connectivity index (χ1) is 9.93. The van der Waals surface area contributed by atoms with Crippen LogP contribution >= 0.6 is 35.4 Å². The van der Waals surface area contributed by atoms with Crippen LogP contribution in [0.2, 0.25) is 10.0 Å². The van der Waals surface area contributed by atoms with Crippen LogP contribution in [-0.4, -0.2) is 28.4 Å². The third-order valence-electron chi connectivity index (χ3n) is 2.75. The number of carbonyl (C=O) groups excluding carboxylic acids is 2. The van der Waals surface area contributed by atoms with E-state index < -0.39 is 11.8 Å². The minimum Gasteiger partial charge on any atom is -0.298 e. The fourth-order valence-corrected chi connectivity index (χ4v) is 2.31. The van der Waals surface area contributed by atoms with E-state index in [1.165, 1.54) is 17.1 Å². The van der Waals surface area contributed by atoms with Gasteiger partial charge in [-0.15, -0.1) is 6.58 Å². The lowest BCUT2D eigenvalue weighted by Crippen LogP contribution is -2.53. The molecule has 21 heavy (non-hydrogen) atoms.